The molecule has 1 heterocycles. The molecule has 1 aliphatic rings. The lowest BCUT2D eigenvalue weighted by atomic mass is 9.98. The van der Waals surface area contributed by atoms with Crippen LogP contribution in [0.3, 0.4) is 0 Å². The number of benzene rings is 1. The van der Waals surface area contributed by atoms with Crippen LogP contribution < -0.4 is 5.32 Å². The topological polar surface area (TPSA) is 69.6 Å². The second-order valence-corrected chi connectivity index (χ2v) is 6.29. The first-order chi connectivity index (χ1) is 11.7. The standard InChI is InChI=1S/C19H28N2O3/c1-2-18(23)21-13-7-6-12-17(21)19(24)20-16(11-8-14-22)15-9-4-3-5-10-15/h3-5,9-10,16-17,22H,2,6-8,11-14H2,1H3,(H,20,24). The zero-order valence-corrected chi connectivity index (χ0v) is 14.4. The monoisotopic (exact) mass is 332 g/mol. The Hall–Kier alpha value is -1.88. The first kappa shape index (κ1) is 18.5. The van der Waals surface area contributed by atoms with E-state index in [9.17, 15) is 9.59 Å². The Morgan fingerprint density at radius 3 is 2.71 bits per heavy atom. The molecule has 5 nitrogen and oxygen atoms in total. The van der Waals surface area contributed by atoms with Crippen molar-refractivity contribution < 1.29 is 14.7 Å². The van der Waals surface area contributed by atoms with Crippen LogP contribution in [0.15, 0.2) is 30.3 Å². The lowest BCUT2D eigenvalue weighted by molar-refractivity contribution is -0.142. The molecule has 2 unspecified atom stereocenters. The highest BCUT2D eigenvalue weighted by Gasteiger charge is 2.32. The third-order valence-electron chi connectivity index (χ3n) is 4.60. The van der Waals surface area contributed by atoms with E-state index in [4.69, 9.17) is 5.11 Å². The summed E-state index contributed by atoms with van der Waals surface area (Å²) in [5.41, 5.74) is 1.03. The van der Waals surface area contributed by atoms with Crippen LogP contribution in [0.2, 0.25) is 0 Å². The Balaban J connectivity index is 2.09. The van der Waals surface area contributed by atoms with E-state index in [2.05, 4.69) is 5.32 Å². The number of rotatable bonds is 7. The number of nitrogens with zero attached hydrogens (tertiary/aromatic N) is 1. The Morgan fingerprint density at radius 2 is 2.04 bits per heavy atom. The predicted molar refractivity (Wildman–Crippen MR) is 93.3 cm³/mol. The molecule has 5 heteroatoms. The predicted octanol–water partition coefficient (Wildman–Crippen LogP) is 2.41. The molecule has 0 aromatic heterocycles. The highest BCUT2D eigenvalue weighted by Crippen LogP contribution is 2.22. The van der Waals surface area contributed by atoms with Crippen LogP contribution in [0.25, 0.3) is 0 Å². The molecule has 2 rings (SSSR count). The smallest absolute Gasteiger partial charge is 0.243 e. The number of carbonyl (C=O) groups excluding carboxylic acids is 2. The van der Waals surface area contributed by atoms with Gasteiger partial charge in [0.05, 0.1) is 6.04 Å². The van der Waals surface area contributed by atoms with Gasteiger partial charge in [-0.3, -0.25) is 9.59 Å². The molecule has 1 saturated heterocycles. The fourth-order valence-electron chi connectivity index (χ4n) is 3.28. The third kappa shape index (κ3) is 4.81. The summed E-state index contributed by atoms with van der Waals surface area (Å²) in [6.45, 7) is 2.60. The number of nitrogens with one attached hydrogen (secondary N) is 1. The highest BCUT2D eigenvalue weighted by molar-refractivity contribution is 5.88. The van der Waals surface area contributed by atoms with Crippen LogP contribution in [-0.2, 0) is 9.59 Å². The summed E-state index contributed by atoms with van der Waals surface area (Å²) in [7, 11) is 0. The van der Waals surface area contributed by atoms with Crippen LogP contribution in [0, 0.1) is 0 Å². The van der Waals surface area contributed by atoms with Gasteiger partial charge in [0, 0.05) is 19.6 Å². The van der Waals surface area contributed by atoms with Crippen LogP contribution in [0.4, 0.5) is 0 Å². The number of piperidine rings is 1. The minimum Gasteiger partial charge on any atom is -0.396 e. The summed E-state index contributed by atoms with van der Waals surface area (Å²) < 4.78 is 0. The SMILES string of the molecule is CCC(=O)N1CCCCC1C(=O)NC(CCCO)c1ccccc1. The van der Waals surface area contributed by atoms with Crippen molar-refractivity contribution in [2.24, 2.45) is 0 Å². The maximum absolute atomic E-state index is 12.8. The van der Waals surface area contributed by atoms with E-state index in [1.54, 1.807) is 4.90 Å². The zero-order chi connectivity index (χ0) is 17.4. The lowest BCUT2D eigenvalue weighted by Gasteiger charge is -2.35. The van der Waals surface area contributed by atoms with Crippen molar-refractivity contribution in [2.45, 2.75) is 57.5 Å². The van der Waals surface area contributed by atoms with Gasteiger partial charge in [0.1, 0.15) is 6.04 Å². The van der Waals surface area contributed by atoms with Crippen molar-refractivity contribution in [1.82, 2.24) is 10.2 Å². The van der Waals surface area contributed by atoms with E-state index in [0.717, 1.165) is 24.8 Å². The van der Waals surface area contributed by atoms with Crippen LogP contribution >= 0.6 is 0 Å². The summed E-state index contributed by atoms with van der Waals surface area (Å²) in [4.78, 5) is 26.7. The summed E-state index contributed by atoms with van der Waals surface area (Å²) in [6.07, 6.45) is 4.39. The third-order valence-corrected chi connectivity index (χ3v) is 4.60. The van der Waals surface area contributed by atoms with E-state index in [-0.39, 0.29) is 30.5 Å². The second kappa shape index (κ2) is 9.42. The van der Waals surface area contributed by atoms with Crippen molar-refractivity contribution in [3.63, 3.8) is 0 Å². The molecule has 2 atom stereocenters. The van der Waals surface area contributed by atoms with Crippen LogP contribution in [0.1, 0.15) is 57.1 Å². The van der Waals surface area contributed by atoms with Crippen LogP contribution in [0.5, 0.6) is 0 Å². The van der Waals surface area contributed by atoms with Gasteiger partial charge in [-0.1, -0.05) is 37.3 Å². The van der Waals surface area contributed by atoms with Gasteiger partial charge in [0.15, 0.2) is 0 Å². The van der Waals surface area contributed by atoms with Crippen molar-refractivity contribution in [3.05, 3.63) is 35.9 Å². The molecule has 1 fully saturated rings. The molecule has 0 radical (unpaired) electrons. The highest BCUT2D eigenvalue weighted by atomic mass is 16.3. The molecule has 0 aliphatic carbocycles. The Kier molecular flexibility index (Phi) is 7.25. The number of aliphatic hydroxyl groups is 1. The minimum absolute atomic E-state index is 0.0430. The van der Waals surface area contributed by atoms with Crippen LogP contribution in [-0.4, -0.2) is 41.0 Å². The molecule has 0 spiro atoms. The molecular weight excluding hydrogens is 304 g/mol. The molecule has 0 bridgehead atoms. The normalized spacial score (nSPS) is 18.9. The maximum atomic E-state index is 12.8. The number of carbonyl (C=O) groups is 2. The summed E-state index contributed by atoms with van der Waals surface area (Å²) in [5, 5.41) is 12.2. The average Bonchev–Trinajstić information content (AvgIpc) is 2.65. The van der Waals surface area contributed by atoms with Gasteiger partial charge in [-0.15, -0.1) is 0 Å². The number of aliphatic hydroxyl groups excluding tert-OH is 1. The molecule has 2 N–H and O–H groups in total. The fraction of sp³-hybridized carbons (Fsp3) is 0.579. The van der Waals surface area contributed by atoms with E-state index in [1.807, 2.05) is 37.3 Å². The molecule has 1 aliphatic heterocycles. The Labute approximate surface area is 144 Å². The summed E-state index contributed by atoms with van der Waals surface area (Å²) >= 11 is 0. The van der Waals surface area contributed by atoms with Gasteiger partial charge in [-0.2, -0.15) is 0 Å². The van der Waals surface area contributed by atoms with E-state index >= 15 is 0 Å². The summed E-state index contributed by atoms with van der Waals surface area (Å²) in [6, 6.07) is 9.30. The second-order valence-electron chi connectivity index (χ2n) is 6.29. The number of likely N-dealkylation sites (tertiary alicyclic amines) is 1. The molecule has 2 amide bonds. The zero-order valence-electron chi connectivity index (χ0n) is 14.4. The first-order valence-corrected chi connectivity index (χ1v) is 8.93. The lowest BCUT2D eigenvalue weighted by Crippen LogP contribution is -2.52. The molecular formula is C19H28N2O3. The maximum Gasteiger partial charge on any atom is 0.243 e. The number of amides is 2. The van der Waals surface area contributed by atoms with Crippen molar-refractivity contribution >= 4 is 11.8 Å². The van der Waals surface area contributed by atoms with Gasteiger partial charge in [-0.25, -0.2) is 0 Å². The number of hydrogen-bond donors (Lipinski definition) is 2. The molecule has 132 valence electrons. The molecule has 0 saturated carbocycles. The van der Waals surface area contributed by atoms with Gasteiger partial charge in [0.2, 0.25) is 11.8 Å². The van der Waals surface area contributed by atoms with Gasteiger partial charge >= 0.3 is 0 Å². The summed E-state index contributed by atoms with van der Waals surface area (Å²) in [5.74, 6) is -0.0373. The van der Waals surface area contributed by atoms with Crippen molar-refractivity contribution in [1.29, 1.82) is 0 Å². The minimum atomic E-state index is -0.369. The first-order valence-electron chi connectivity index (χ1n) is 8.93. The molecule has 24 heavy (non-hydrogen) atoms. The Bertz CT molecular complexity index is 533. The van der Waals surface area contributed by atoms with Gasteiger partial charge in [-0.05, 0) is 37.7 Å². The number of hydrogen-bond acceptors (Lipinski definition) is 3. The van der Waals surface area contributed by atoms with E-state index in [1.165, 1.54) is 0 Å². The van der Waals surface area contributed by atoms with Gasteiger partial charge in [0.25, 0.3) is 0 Å². The Morgan fingerprint density at radius 1 is 1.29 bits per heavy atom. The van der Waals surface area contributed by atoms with Crippen molar-refractivity contribution in [2.75, 3.05) is 13.2 Å². The average molecular weight is 332 g/mol. The van der Waals surface area contributed by atoms with Gasteiger partial charge < -0.3 is 15.3 Å². The fourth-order valence-corrected chi connectivity index (χ4v) is 3.28. The molecule has 1 aromatic rings. The largest absolute Gasteiger partial charge is 0.396 e. The molecule has 1 aromatic carbocycles. The van der Waals surface area contributed by atoms with E-state index < -0.39 is 0 Å². The van der Waals surface area contributed by atoms with E-state index in [0.29, 0.717) is 25.8 Å². The quantitative estimate of drug-likeness (QED) is 0.805. The van der Waals surface area contributed by atoms with Crippen molar-refractivity contribution in [3.8, 4) is 0 Å².